The topological polar surface area (TPSA) is 49.8 Å². The first-order chi connectivity index (χ1) is 9.86. The molecule has 0 saturated carbocycles. The number of amides is 1. The number of morpholine rings is 1. The zero-order chi connectivity index (χ0) is 15.6. The minimum Gasteiger partial charge on any atom is -0.394 e. The van der Waals surface area contributed by atoms with E-state index < -0.39 is 5.60 Å². The van der Waals surface area contributed by atoms with Gasteiger partial charge in [-0.3, -0.25) is 4.79 Å². The van der Waals surface area contributed by atoms with Crippen molar-refractivity contribution in [3.63, 3.8) is 0 Å². The number of aliphatic hydroxyl groups excluding tert-OH is 1. The summed E-state index contributed by atoms with van der Waals surface area (Å²) in [6, 6.07) is 2.03. The molecule has 118 valence electrons. The zero-order valence-electron chi connectivity index (χ0n) is 13.3. The highest BCUT2D eigenvalue weighted by Gasteiger charge is 2.36. The molecule has 1 aromatic rings. The van der Waals surface area contributed by atoms with Crippen molar-refractivity contribution < 1.29 is 14.6 Å². The summed E-state index contributed by atoms with van der Waals surface area (Å²) < 4.78 is 5.77. The van der Waals surface area contributed by atoms with Gasteiger partial charge in [0.1, 0.15) is 0 Å². The van der Waals surface area contributed by atoms with Crippen LogP contribution in [-0.4, -0.2) is 47.3 Å². The molecule has 0 aliphatic carbocycles. The molecular formula is C16H25NO3S. The van der Waals surface area contributed by atoms with Gasteiger partial charge in [0.05, 0.1) is 23.2 Å². The van der Waals surface area contributed by atoms with E-state index in [4.69, 9.17) is 4.74 Å². The molecule has 1 atom stereocenters. The number of hydrogen-bond donors (Lipinski definition) is 1. The minimum atomic E-state index is -0.417. The van der Waals surface area contributed by atoms with Gasteiger partial charge in [-0.1, -0.05) is 13.3 Å². The van der Waals surface area contributed by atoms with Crippen LogP contribution < -0.4 is 0 Å². The number of hydrogen-bond acceptors (Lipinski definition) is 4. The quantitative estimate of drug-likeness (QED) is 0.930. The molecule has 2 heterocycles. The Hall–Kier alpha value is -0.910. The number of ether oxygens (including phenoxy) is 1. The highest BCUT2D eigenvalue weighted by Crippen LogP contribution is 2.27. The van der Waals surface area contributed by atoms with Crippen molar-refractivity contribution in [1.29, 1.82) is 0 Å². The van der Waals surface area contributed by atoms with Gasteiger partial charge in [0, 0.05) is 18.0 Å². The van der Waals surface area contributed by atoms with Gasteiger partial charge in [-0.25, -0.2) is 0 Å². The van der Waals surface area contributed by atoms with Crippen molar-refractivity contribution in [2.75, 3.05) is 19.7 Å². The molecule has 1 amide bonds. The lowest BCUT2D eigenvalue weighted by molar-refractivity contribution is -0.139. The smallest absolute Gasteiger partial charge is 0.264 e. The predicted octanol–water partition coefficient (Wildman–Crippen LogP) is 2.62. The SMILES string of the molecule is CCCc1cc(C(=O)N2CC(CO)OC(C)(C)C2)sc1C. The third-order valence-electron chi connectivity index (χ3n) is 3.72. The van der Waals surface area contributed by atoms with E-state index in [0.29, 0.717) is 13.1 Å². The Morgan fingerprint density at radius 1 is 1.57 bits per heavy atom. The van der Waals surface area contributed by atoms with Crippen molar-refractivity contribution in [2.45, 2.75) is 52.2 Å². The standard InChI is InChI=1S/C16H25NO3S/c1-5-6-12-7-14(21-11(12)2)15(19)17-8-13(9-18)20-16(3,4)10-17/h7,13,18H,5-6,8-10H2,1-4H3. The molecule has 0 aromatic carbocycles. The minimum absolute atomic E-state index is 0.0558. The maximum absolute atomic E-state index is 12.7. The van der Waals surface area contributed by atoms with Crippen LogP contribution in [0.3, 0.4) is 0 Å². The van der Waals surface area contributed by atoms with Crippen LogP contribution in [0.2, 0.25) is 0 Å². The summed E-state index contributed by atoms with van der Waals surface area (Å²) in [5.74, 6) is 0.0558. The van der Waals surface area contributed by atoms with E-state index in [9.17, 15) is 9.90 Å². The average molecular weight is 311 g/mol. The number of carbonyl (C=O) groups is 1. The molecule has 4 nitrogen and oxygen atoms in total. The van der Waals surface area contributed by atoms with Gasteiger partial charge in [0.15, 0.2) is 0 Å². The molecule has 1 fully saturated rings. The van der Waals surface area contributed by atoms with Crippen LogP contribution in [0.1, 0.15) is 47.3 Å². The van der Waals surface area contributed by atoms with E-state index in [1.807, 2.05) is 24.8 Å². The number of thiophene rings is 1. The fraction of sp³-hybridized carbons (Fsp3) is 0.688. The van der Waals surface area contributed by atoms with Gasteiger partial charge in [-0.2, -0.15) is 0 Å². The number of rotatable bonds is 4. The summed E-state index contributed by atoms with van der Waals surface area (Å²) >= 11 is 1.57. The zero-order valence-corrected chi connectivity index (χ0v) is 14.1. The van der Waals surface area contributed by atoms with Crippen molar-refractivity contribution >= 4 is 17.2 Å². The summed E-state index contributed by atoms with van der Waals surface area (Å²) in [6.07, 6.45) is 1.81. The van der Waals surface area contributed by atoms with Crippen LogP contribution in [0, 0.1) is 6.92 Å². The van der Waals surface area contributed by atoms with Gasteiger partial charge in [0.25, 0.3) is 5.91 Å². The lowest BCUT2D eigenvalue weighted by atomic mass is 10.0. The molecule has 1 aromatic heterocycles. The Morgan fingerprint density at radius 2 is 2.29 bits per heavy atom. The maximum atomic E-state index is 12.7. The summed E-state index contributed by atoms with van der Waals surface area (Å²) in [5.41, 5.74) is 0.858. The molecule has 1 unspecified atom stereocenters. The Balaban J connectivity index is 2.16. The summed E-state index contributed by atoms with van der Waals surface area (Å²) in [7, 11) is 0. The fourth-order valence-electron chi connectivity index (χ4n) is 2.84. The van der Waals surface area contributed by atoms with Gasteiger partial charge in [-0.05, 0) is 38.8 Å². The molecule has 2 rings (SSSR count). The van der Waals surface area contributed by atoms with E-state index in [1.165, 1.54) is 10.4 Å². The van der Waals surface area contributed by atoms with Crippen LogP contribution in [0.5, 0.6) is 0 Å². The molecule has 0 spiro atoms. The third kappa shape index (κ3) is 3.84. The lowest BCUT2D eigenvalue weighted by Crippen LogP contribution is -2.55. The normalized spacial score (nSPS) is 21.6. The Morgan fingerprint density at radius 3 is 2.90 bits per heavy atom. The van der Waals surface area contributed by atoms with Crippen molar-refractivity contribution in [1.82, 2.24) is 4.90 Å². The highest BCUT2D eigenvalue weighted by atomic mass is 32.1. The van der Waals surface area contributed by atoms with E-state index in [2.05, 4.69) is 13.8 Å². The first kappa shape index (κ1) is 16.5. The second kappa shape index (κ2) is 6.46. The van der Waals surface area contributed by atoms with Crippen molar-refractivity contribution in [3.05, 3.63) is 21.4 Å². The molecule has 21 heavy (non-hydrogen) atoms. The highest BCUT2D eigenvalue weighted by molar-refractivity contribution is 7.14. The first-order valence-corrected chi connectivity index (χ1v) is 8.35. The fourth-order valence-corrected chi connectivity index (χ4v) is 3.88. The van der Waals surface area contributed by atoms with Gasteiger partial charge >= 0.3 is 0 Å². The summed E-state index contributed by atoms with van der Waals surface area (Å²) in [6.45, 7) is 9.09. The maximum Gasteiger partial charge on any atom is 0.264 e. The molecule has 1 aliphatic rings. The van der Waals surface area contributed by atoms with E-state index in [-0.39, 0.29) is 18.6 Å². The first-order valence-electron chi connectivity index (χ1n) is 7.53. The molecule has 0 bridgehead atoms. The third-order valence-corrected chi connectivity index (χ3v) is 4.80. The Kier molecular flexibility index (Phi) is 5.07. The Bertz CT molecular complexity index is 510. The summed E-state index contributed by atoms with van der Waals surface area (Å²) in [4.78, 5) is 16.6. The monoisotopic (exact) mass is 311 g/mol. The van der Waals surface area contributed by atoms with Crippen LogP contribution >= 0.6 is 11.3 Å². The molecule has 1 saturated heterocycles. The van der Waals surface area contributed by atoms with Crippen LogP contribution in [0.4, 0.5) is 0 Å². The van der Waals surface area contributed by atoms with Crippen LogP contribution in [0.25, 0.3) is 0 Å². The Labute approximate surface area is 130 Å². The largest absolute Gasteiger partial charge is 0.394 e. The van der Waals surface area contributed by atoms with Gasteiger partial charge in [-0.15, -0.1) is 11.3 Å². The van der Waals surface area contributed by atoms with Crippen molar-refractivity contribution in [3.8, 4) is 0 Å². The van der Waals surface area contributed by atoms with Crippen molar-refractivity contribution in [2.24, 2.45) is 0 Å². The second-order valence-electron chi connectivity index (χ2n) is 6.31. The van der Waals surface area contributed by atoms with Crippen LogP contribution in [-0.2, 0) is 11.2 Å². The lowest BCUT2D eigenvalue weighted by Gasteiger charge is -2.42. The van der Waals surface area contributed by atoms with E-state index in [1.54, 1.807) is 11.3 Å². The average Bonchev–Trinajstić information content (AvgIpc) is 2.78. The summed E-state index contributed by atoms with van der Waals surface area (Å²) in [5, 5.41) is 9.35. The van der Waals surface area contributed by atoms with E-state index >= 15 is 0 Å². The molecule has 1 aliphatic heterocycles. The predicted molar refractivity (Wildman–Crippen MR) is 85.0 cm³/mol. The van der Waals surface area contributed by atoms with E-state index in [0.717, 1.165) is 17.7 Å². The van der Waals surface area contributed by atoms with Gasteiger partial charge in [0.2, 0.25) is 0 Å². The molecule has 5 heteroatoms. The van der Waals surface area contributed by atoms with Crippen LogP contribution in [0.15, 0.2) is 6.07 Å². The number of carbonyl (C=O) groups excluding carboxylic acids is 1. The molecular weight excluding hydrogens is 286 g/mol. The number of aliphatic hydroxyl groups is 1. The second-order valence-corrected chi connectivity index (χ2v) is 7.57. The molecule has 1 N–H and O–H groups in total. The van der Waals surface area contributed by atoms with Gasteiger partial charge < -0.3 is 14.7 Å². The number of aryl methyl sites for hydroxylation is 2. The molecule has 0 radical (unpaired) electrons. The number of nitrogens with zero attached hydrogens (tertiary/aromatic N) is 1.